The summed E-state index contributed by atoms with van der Waals surface area (Å²) in [5.74, 6) is 0.0112. The van der Waals surface area contributed by atoms with E-state index in [0.717, 1.165) is 5.69 Å². The van der Waals surface area contributed by atoms with E-state index in [1.54, 1.807) is 36.1 Å². The van der Waals surface area contributed by atoms with Crippen molar-refractivity contribution in [2.75, 3.05) is 6.61 Å². The molecule has 0 N–H and O–H groups in total. The lowest BCUT2D eigenvalue weighted by molar-refractivity contribution is 0.0522. The largest absolute Gasteiger partial charge is 0.461 e. The molecule has 0 atom stereocenters. The van der Waals surface area contributed by atoms with Crippen LogP contribution in [-0.4, -0.2) is 36.9 Å². The lowest BCUT2D eigenvalue weighted by Crippen LogP contribution is -2.07. The van der Waals surface area contributed by atoms with Gasteiger partial charge in [-0.25, -0.2) is 24.7 Å². The summed E-state index contributed by atoms with van der Waals surface area (Å²) >= 11 is 0. The number of fused-ring (bicyclic) bond motifs is 1. The first-order valence-corrected chi connectivity index (χ1v) is 6.50. The van der Waals surface area contributed by atoms with Gasteiger partial charge in [-0.1, -0.05) is 0 Å². The number of aryl methyl sites for hydroxylation is 1. The van der Waals surface area contributed by atoms with Gasteiger partial charge in [-0.15, -0.1) is 0 Å². The zero-order valence-electron chi connectivity index (χ0n) is 11.6. The van der Waals surface area contributed by atoms with Gasteiger partial charge in [0.2, 0.25) is 0 Å². The van der Waals surface area contributed by atoms with Crippen LogP contribution in [0.4, 0.5) is 0 Å². The Morgan fingerprint density at radius 3 is 2.76 bits per heavy atom. The molecule has 7 heteroatoms. The van der Waals surface area contributed by atoms with Gasteiger partial charge in [-0.3, -0.25) is 4.40 Å². The topological polar surface area (TPSA) is 82.3 Å². The Morgan fingerprint density at radius 2 is 2.05 bits per heavy atom. The molecule has 3 heterocycles. The van der Waals surface area contributed by atoms with Gasteiger partial charge in [0.15, 0.2) is 17.2 Å². The van der Waals surface area contributed by atoms with Crippen LogP contribution in [0.3, 0.4) is 0 Å². The van der Waals surface area contributed by atoms with Crippen LogP contribution in [0.2, 0.25) is 0 Å². The highest BCUT2D eigenvalue weighted by Gasteiger charge is 2.18. The summed E-state index contributed by atoms with van der Waals surface area (Å²) < 4.78 is 6.73. The number of carbonyl (C=O) groups is 1. The maximum absolute atomic E-state index is 11.9. The van der Waals surface area contributed by atoms with E-state index in [1.165, 1.54) is 0 Å². The average molecular weight is 283 g/mol. The molecule has 0 spiro atoms. The summed E-state index contributed by atoms with van der Waals surface area (Å²) in [6, 6.07) is 3.58. The first-order valence-electron chi connectivity index (χ1n) is 6.50. The third-order valence-electron chi connectivity index (χ3n) is 2.96. The van der Waals surface area contributed by atoms with Crippen LogP contribution in [0.15, 0.2) is 30.9 Å². The first-order chi connectivity index (χ1) is 10.2. The zero-order valence-corrected chi connectivity index (χ0v) is 11.6. The molecule has 3 aromatic heterocycles. The smallest absolute Gasteiger partial charge is 0.360 e. The summed E-state index contributed by atoms with van der Waals surface area (Å²) in [6.45, 7) is 3.94. The van der Waals surface area contributed by atoms with Crippen molar-refractivity contribution < 1.29 is 9.53 Å². The molecular formula is C14H13N5O2. The quantitative estimate of drug-likeness (QED) is 0.680. The van der Waals surface area contributed by atoms with Crippen LogP contribution in [0.5, 0.6) is 0 Å². The molecule has 0 unspecified atom stereocenters. The van der Waals surface area contributed by atoms with Crippen molar-refractivity contribution in [1.82, 2.24) is 24.3 Å². The minimum absolute atomic E-state index is 0.192. The second kappa shape index (κ2) is 5.28. The standard InChI is InChI=1S/C14H13N5O2/c1-3-21-14(20)11-13-18-10(12-15-5-4-6-16-12)7-9(2)19(13)8-17-11/h4-8H,3H2,1-2H3. The third kappa shape index (κ3) is 2.33. The molecule has 0 bridgehead atoms. The van der Waals surface area contributed by atoms with Gasteiger partial charge in [-0.05, 0) is 26.0 Å². The van der Waals surface area contributed by atoms with Crippen molar-refractivity contribution >= 4 is 11.6 Å². The van der Waals surface area contributed by atoms with E-state index >= 15 is 0 Å². The molecule has 0 aliphatic heterocycles. The van der Waals surface area contributed by atoms with Crippen molar-refractivity contribution in [1.29, 1.82) is 0 Å². The van der Waals surface area contributed by atoms with E-state index in [9.17, 15) is 4.79 Å². The van der Waals surface area contributed by atoms with Crippen LogP contribution < -0.4 is 0 Å². The van der Waals surface area contributed by atoms with Crippen molar-refractivity contribution in [2.45, 2.75) is 13.8 Å². The monoisotopic (exact) mass is 283 g/mol. The fourth-order valence-corrected chi connectivity index (χ4v) is 2.01. The number of esters is 1. The molecule has 0 aromatic carbocycles. The van der Waals surface area contributed by atoms with Gasteiger partial charge >= 0.3 is 5.97 Å². The van der Waals surface area contributed by atoms with Gasteiger partial charge in [0.25, 0.3) is 0 Å². The predicted octanol–water partition coefficient (Wildman–Crippen LogP) is 1.67. The van der Waals surface area contributed by atoms with Crippen molar-refractivity contribution in [2.24, 2.45) is 0 Å². The van der Waals surface area contributed by atoms with Crippen LogP contribution in [0, 0.1) is 6.92 Å². The normalized spacial score (nSPS) is 10.8. The highest BCUT2D eigenvalue weighted by molar-refractivity contribution is 5.94. The first kappa shape index (κ1) is 13.2. The minimum Gasteiger partial charge on any atom is -0.461 e. The number of rotatable bonds is 3. The molecule has 3 aromatic rings. The summed E-state index contributed by atoms with van der Waals surface area (Å²) in [4.78, 5) is 28.8. The number of nitrogens with zero attached hydrogens (tertiary/aromatic N) is 5. The fraction of sp³-hybridized carbons (Fsp3) is 0.214. The molecule has 0 saturated heterocycles. The van der Waals surface area contributed by atoms with E-state index < -0.39 is 5.97 Å². The molecule has 0 amide bonds. The summed E-state index contributed by atoms with van der Waals surface area (Å²) in [5.41, 5.74) is 2.10. The number of ether oxygens (including phenoxy) is 1. The summed E-state index contributed by atoms with van der Waals surface area (Å²) in [5, 5.41) is 0. The second-order valence-electron chi connectivity index (χ2n) is 4.36. The molecule has 21 heavy (non-hydrogen) atoms. The maximum Gasteiger partial charge on any atom is 0.360 e. The molecule has 0 radical (unpaired) electrons. The number of aromatic nitrogens is 5. The SMILES string of the molecule is CCOC(=O)c1ncn2c(C)cc(-c3ncccn3)nc12. The number of imidazole rings is 1. The lowest BCUT2D eigenvalue weighted by atomic mass is 10.3. The number of carbonyl (C=O) groups excluding carboxylic acids is 1. The Labute approximate surface area is 120 Å². The Morgan fingerprint density at radius 1 is 1.29 bits per heavy atom. The predicted molar refractivity (Wildman–Crippen MR) is 74.7 cm³/mol. The van der Waals surface area contributed by atoms with Crippen LogP contribution in [0.1, 0.15) is 23.1 Å². The number of hydrogen-bond acceptors (Lipinski definition) is 6. The second-order valence-corrected chi connectivity index (χ2v) is 4.36. The highest BCUT2D eigenvalue weighted by atomic mass is 16.5. The Balaban J connectivity index is 2.17. The van der Waals surface area contributed by atoms with Crippen molar-refractivity contribution in [3.8, 4) is 11.5 Å². The summed E-state index contributed by atoms with van der Waals surface area (Å²) in [7, 11) is 0. The van der Waals surface area contributed by atoms with Gasteiger partial charge in [0, 0.05) is 18.1 Å². The van der Waals surface area contributed by atoms with Crippen LogP contribution in [-0.2, 0) is 4.74 Å². The van der Waals surface area contributed by atoms with Gasteiger partial charge < -0.3 is 4.74 Å². The highest BCUT2D eigenvalue weighted by Crippen LogP contribution is 2.18. The molecule has 0 saturated carbocycles. The van der Waals surface area contributed by atoms with E-state index in [-0.39, 0.29) is 5.69 Å². The zero-order chi connectivity index (χ0) is 14.8. The van der Waals surface area contributed by atoms with E-state index in [0.29, 0.717) is 23.8 Å². The molecular weight excluding hydrogens is 270 g/mol. The van der Waals surface area contributed by atoms with Gasteiger partial charge in [-0.2, -0.15) is 0 Å². The third-order valence-corrected chi connectivity index (χ3v) is 2.96. The van der Waals surface area contributed by atoms with Gasteiger partial charge in [0.05, 0.1) is 6.61 Å². The molecule has 7 nitrogen and oxygen atoms in total. The average Bonchev–Trinajstić information content (AvgIpc) is 2.93. The Hall–Kier alpha value is -2.83. The minimum atomic E-state index is -0.488. The fourth-order valence-electron chi connectivity index (χ4n) is 2.01. The van der Waals surface area contributed by atoms with Crippen molar-refractivity contribution in [3.05, 3.63) is 42.2 Å². The maximum atomic E-state index is 11.9. The van der Waals surface area contributed by atoms with E-state index in [2.05, 4.69) is 19.9 Å². The molecule has 106 valence electrons. The van der Waals surface area contributed by atoms with Crippen LogP contribution >= 0.6 is 0 Å². The molecule has 0 aliphatic rings. The Kier molecular flexibility index (Phi) is 3.31. The van der Waals surface area contributed by atoms with Crippen LogP contribution in [0.25, 0.3) is 17.2 Å². The van der Waals surface area contributed by atoms with E-state index in [4.69, 9.17) is 4.74 Å². The Bertz CT molecular complexity index is 798. The summed E-state index contributed by atoms with van der Waals surface area (Å²) in [6.07, 6.45) is 4.85. The van der Waals surface area contributed by atoms with E-state index in [1.807, 2.05) is 13.0 Å². The van der Waals surface area contributed by atoms with Gasteiger partial charge in [0.1, 0.15) is 12.0 Å². The number of hydrogen-bond donors (Lipinski definition) is 0. The molecule has 0 aliphatic carbocycles. The van der Waals surface area contributed by atoms with Crippen molar-refractivity contribution in [3.63, 3.8) is 0 Å². The molecule has 3 rings (SSSR count). The molecule has 0 fully saturated rings. The lowest BCUT2D eigenvalue weighted by Gasteiger charge is -2.05.